The molecule has 1 aliphatic rings. The summed E-state index contributed by atoms with van der Waals surface area (Å²) in [6.07, 6.45) is 4.24. The molecule has 1 amide bonds. The maximum Gasteiger partial charge on any atom is 0.255 e. The zero-order valence-corrected chi connectivity index (χ0v) is 12.3. The molecule has 0 saturated heterocycles. The molecule has 1 fully saturated rings. The molecule has 0 aliphatic heterocycles. The number of rotatable bonds is 4. The van der Waals surface area contributed by atoms with Gasteiger partial charge in [-0.2, -0.15) is 0 Å². The molecule has 1 aromatic carbocycles. The van der Waals surface area contributed by atoms with Gasteiger partial charge in [0.1, 0.15) is 0 Å². The average Bonchev–Trinajstić information content (AvgIpc) is 2.48. The highest BCUT2D eigenvalue weighted by Crippen LogP contribution is 2.30. The van der Waals surface area contributed by atoms with E-state index in [9.17, 15) is 9.90 Å². The Labute approximate surface area is 124 Å². The van der Waals surface area contributed by atoms with E-state index in [4.69, 9.17) is 16.3 Å². The van der Waals surface area contributed by atoms with Gasteiger partial charge in [-0.15, -0.1) is 11.6 Å². The molecular weight excluding hydrogens is 278 g/mol. The van der Waals surface area contributed by atoms with E-state index >= 15 is 0 Å². The number of amides is 1. The second-order valence-electron chi connectivity index (χ2n) is 5.14. The zero-order chi connectivity index (χ0) is 14.5. The molecule has 2 rings (SSSR count). The van der Waals surface area contributed by atoms with Crippen molar-refractivity contribution in [3.05, 3.63) is 23.8 Å². The van der Waals surface area contributed by atoms with Gasteiger partial charge in [0.05, 0.1) is 12.7 Å². The molecule has 0 heterocycles. The zero-order valence-electron chi connectivity index (χ0n) is 11.6. The number of halogens is 1. The Bertz CT molecular complexity index is 478. The fourth-order valence-electron chi connectivity index (χ4n) is 2.70. The Morgan fingerprint density at radius 1 is 1.45 bits per heavy atom. The van der Waals surface area contributed by atoms with Crippen LogP contribution in [-0.2, 0) is 0 Å². The number of nitrogens with one attached hydrogen (secondary N) is 1. The number of aromatic hydroxyl groups is 1. The van der Waals surface area contributed by atoms with E-state index in [-0.39, 0.29) is 23.3 Å². The molecule has 110 valence electrons. The van der Waals surface area contributed by atoms with Crippen molar-refractivity contribution in [3.63, 3.8) is 0 Å². The number of alkyl halides is 1. The number of carbonyl (C=O) groups is 1. The SMILES string of the molecule is COc1cccc(C(=O)NC2CCCCC2CCl)c1O. The summed E-state index contributed by atoms with van der Waals surface area (Å²) in [7, 11) is 1.46. The topological polar surface area (TPSA) is 58.6 Å². The Kier molecular flexibility index (Phi) is 5.12. The molecule has 2 N–H and O–H groups in total. The van der Waals surface area contributed by atoms with Crippen LogP contribution in [0.25, 0.3) is 0 Å². The molecule has 20 heavy (non-hydrogen) atoms. The maximum atomic E-state index is 12.3. The molecule has 4 nitrogen and oxygen atoms in total. The first kappa shape index (κ1) is 15.0. The quantitative estimate of drug-likeness (QED) is 0.840. The molecule has 2 atom stereocenters. The van der Waals surface area contributed by atoms with Gasteiger partial charge >= 0.3 is 0 Å². The van der Waals surface area contributed by atoms with Crippen molar-refractivity contribution < 1.29 is 14.6 Å². The third-order valence-corrected chi connectivity index (χ3v) is 4.28. The summed E-state index contributed by atoms with van der Waals surface area (Å²) in [5.41, 5.74) is 0.239. The minimum atomic E-state index is -0.275. The van der Waals surface area contributed by atoms with Crippen LogP contribution < -0.4 is 10.1 Å². The van der Waals surface area contributed by atoms with Crippen molar-refractivity contribution in [2.75, 3.05) is 13.0 Å². The van der Waals surface area contributed by atoms with E-state index in [0.717, 1.165) is 25.7 Å². The van der Waals surface area contributed by atoms with Crippen LogP contribution in [0.4, 0.5) is 0 Å². The minimum absolute atomic E-state index is 0.0827. The number of carbonyl (C=O) groups excluding carboxylic acids is 1. The highest BCUT2D eigenvalue weighted by molar-refractivity contribution is 6.18. The molecule has 0 bridgehead atoms. The van der Waals surface area contributed by atoms with Crippen molar-refractivity contribution in [3.8, 4) is 11.5 Å². The number of ether oxygens (including phenoxy) is 1. The summed E-state index contributed by atoms with van der Waals surface area (Å²) in [6, 6.07) is 4.98. The lowest BCUT2D eigenvalue weighted by Crippen LogP contribution is -2.42. The Hall–Kier alpha value is -1.42. The number of phenols is 1. The lowest BCUT2D eigenvalue weighted by atomic mass is 9.85. The third kappa shape index (κ3) is 3.18. The molecule has 2 unspecified atom stereocenters. The Morgan fingerprint density at radius 3 is 2.90 bits per heavy atom. The van der Waals surface area contributed by atoms with Gasteiger partial charge in [0.15, 0.2) is 11.5 Å². The average molecular weight is 298 g/mol. The van der Waals surface area contributed by atoms with Crippen molar-refractivity contribution in [1.82, 2.24) is 5.32 Å². The number of hydrogen-bond donors (Lipinski definition) is 2. The van der Waals surface area contributed by atoms with Gasteiger partial charge in [-0.25, -0.2) is 0 Å². The monoisotopic (exact) mass is 297 g/mol. The fraction of sp³-hybridized carbons (Fsp3) is 0.533. The van der Waals surface area contributed by atoms with Crippen molar-refractivity contribution in [2.24, 2.45) is 5.92 Å². The lowest BCUT2D eigenvalue weighted by Gasteiger charge is -2.30. The fourth-order valence-corrected chi connectivity index (χ4v) is 3.07. The molecule has 1 saturated carbocycles. The number of hydrogen-bond acceptors (Lipinski definition) is 3. The summed E-state index contributed by atoms with van der Waals surface area (Å²) < 4.78 is 5.02. The largest absolute Gasteiger partial charge is 0.504 e. The summed E-state index contributed by atoms with van der Waals surface area (Å²) in [5.74, 6) is 0.765. The molecular formula is C15H20ClNO3. The highest BCUT2D eigenvalue weighted by Gasteiger charge is 2.27. The van der Waals surface area contributed by atoms with Crippen LogP contribution in [0.1, 0.15) is 36.0 Å². The van der Waals surface area contributed by atoms with Crippen molar-refractivity contribution in [1.29, 1.82) is 0 Å². The van der Waals surface area contributed by atoms with Gasteiger partial charge in [-0.3, -0.25) is 4.79 Å². The smallest absolute Gasteiger partial charge is 0.255 e. The van der Waals surface area contributed by atoms with Gasteiger partial charge in [-0.05, 0) is 30.9 Å². The van der Waals surface area contributed by atoms with E-state index in [1.165, 1.54) is 7.11 Å². The van der Waals surface area contributed by atoms with E-state index in [1.807, 2.05) is 0 Å². The van der Waals surface area contributed by atoms with Crippen molar-refractivity contribution in [2.45, 2.75) is 31.7 Å². The summed E-state index contributed by atoms with van der Waals surface area (Å²) in [6.45, 7) is 0. The van der Waals surface area contributed by atoms with Crippen LogP contribution in [0.5, 0.6) is 11.5 Å². The van der Waals surface area contributed by atoms with E-state index in [2.05, 4.69) is 5.32 Å². The van der Waals surface area contributed by atoms with Gasteiger partial charge in [0, 0.05) is 11.9 Å². The molecule has 5 heteroatoms. The molecule has 1 aliphatic carbocycles. The molecule has 1 aromatic rings. The van der Waals surface area contributed by atoms with Crippen LogP contribution >= 0.6 is 11.6 Å². The summed E-state index contributed by atoms with van der Waals surface area (Å²) >= 11 is 5.96. The standard InChI is InChI=1S/C15H20ClNO3/c1-20-13-8-4-6-11(14(13)18)15(19)17-12-7-3-2-5-10(12)9-16/h4,6,8,10,12,18H,2-3,5,7,9H2,1H3,(H,17,19). The number of methoxy groups -OCH3 is 1. The van der Waals surface area contributed by atoms with Crippen LogP contribution in [0.15, 0.2) is 18.2 Å². The summed E-state index contributed by atoms with van der Waals surface area (Å²) in [5, 5.41) is 13.0. The number of para-hydroxylation sites is 1. The van der Waals surface area contributed by atoms with Crippen LogP contribution in [-0.4, -0.2) is 30.0 Å². The van der Waals surface area contributed by atoms with Gasteiger partial charge in [-0.1, -0.05) is 18.9 Å². The first-order valence-corrected chi connectivity index (χ1v) is 7.43. The van der Waals surface area contributed by atoms with Crippen LogP contribution in [0, 0.1) is 5.92 Å². The van der Waals surface area contributed by atoms with Gasteiger partial charge in [0.2, 0.25) is 0 Å². The maximum absolute atomic E-state index is 12.3. The first-order valence-electron chi connectivity index (χ1n) is 6.90. The first-order chi connectivity index (χ1) is 9.67. The predicted octanol–water partition coefficient (Wildman–Crippen LogP) is 2.93. The second kappa shape index (κ2) is 6.84. The Balaban J connectivity index is 2.11. The number of benzene rings is 1. The van der Waals surface area contributed by atoms with Gasteiger partial charge < -0.3 is 15.2 Å². The molecule has 0 radical (unpaired) electrons. The highest BCUT2D eigenvalue weighted by atomic mass is 35.5. The van der Waals surface area contributed by atoms with E-state index < -0.39 is 0 Å². The lowest BCUT2D eigenvalue weighted by molar-refractivity contribution is 0.0908. The Morgan fingerprint density at radius 2 is 2.20 bits per heavy atom. The molecule has 0 aromatic heterocycles. The minimum Gasteiger partial charge on any atom is -0.504 e. The van der Waals surface area contributed by atoms with Crippen LogP contribution in [0.2, 0.25) is 0 Å². The van der Waals surface area contributed by atoms with Crippen LogP contribution in [0.3, 0.4) is 0 Å². The third-order valence-electron chi connectivity index (χ3n) is 3.89. The normalized spacial score (nSPS) is 22.3. The van der Waals surface area contributed by atoms with E-state index in [0.29, 0.717) is 17.5 Å². The summed E-state index contributed by atoms with van der Waals surface area (Å²) in [4.78, 5) is 12.3. The van der Waals surface area contributed by atoms with E-state index in [1.54, 1.807) is 18.2 Å². The predicted molar refractivity (Wildman–Crippen MR) is 78.6 cm³/mol. The van der Waals surface area contributed by atoms with Gasteiger partial charge in [0.25, 0.3) is 5.91 Å². The van der Waals surface area contributed by atoms with Crippen molar-refractivity contribution >= 4 is 17.5 Å². The number of phenolic OH excluding ortho intramolecular Hbond substituents is 1. The second-order valence-corrected chi connectivity index (χ2v) is 5.44. The molecule has 0 spiro atoms.